The third-order valence-corrected chi connectivity index (χ3v) is 5.69. The van der Waals surface area contributed by atoms with Crippen molar-refractivity contribution in [2.45, 2.75) is 30.6 Å². The highest BCUT2D eigenvalue weighted by molar-refractivity contribution is 9.10. The van der Waals surface area contributed by atoms with E-state index in [-0.39, 0.29) is 11.7 Å². The second-order valence-electron chi connectivity index (χ2n) is 4.97. The van der Waals surface area contributed by atoms with Crippen LogP contribution in [0.25, 0.3) is 0 Å². The van der Waals surface area contributed by atoms with Crippen LogP contribution in [0.4, 0.5) is 5.69 Å². The van der Waals surface area contributed by atoms with Crippen LogP contribution in [0.3, 0.4) is 0 Å². The van der Waals surface area contributed by atoms with Gasteiger partial charge < -0.3 is 10.6 Å². The van der Waals surface area contributed by atoms with Gasteiger partial charge in [0.25, 0.3) is 0 Å². The van der Waals surface area contributed by atoms with Crippen molar-refractivity contribution in [2.24, 2.45) is 0 Å². The molecule has 1 aromatic rings. The summed E-state index contributed by atoms with van der Waals surface area (Å²) in [4.78, 5) is 14.7. The predicted octanol–water partition coefficient (Wildman–Crippen LogP) is 2.54. The third kappa shape index (κ3) is 4.06. The lowest BCUT2D eigenvalue weighted by Crippen LogP contribution is -2.35. The van der Waals surface area contributed by atoms with Gasteiger partial charge in [-0.3, -0.25) is 9.00 Å². The second kappa shape index (κ2) is 7.22. The van der Waals surface area contributed by atoms with Crippen molar-refractivity contribution in [3.05, 3.63) is 22.7 Å². The summed E-state index contributed by atoms with van der Waals surface area (Å²) in [5, 5.41) is 0. The first-order valence-corrected chi connectivity index (χ1v) is 8.90. The molecule has 1 aliphatic heterocycles. The van der Waals surface area contributed by atoms with Crippen molar-refractivity contribution in [3.8, 4) is 0 Å². The number of anilines is 1. The van der Waals surface area contributed by atoms with Crippen LogP contribution in [-0.4, -0.2) is 33.9 Å². The molecule has 0 saturated carbocycles. The topological polar surface area (TPSA) is 63.4 Å². The molecule has 2 N–H and O–H groups in total. The van der Waals surface area contributed by atoms with E-state index in [2.05, 4.69) is 15.9 Å². The highest BCUT2D eigenvalue weighted by atomic mass is 79.9. The van der Waals surface area contributed by atoms with Gasteiger partial charge in [0, 0.05) is 23.2 Å². The van der Waals surface area contributed by atoms with Crippen LogP contribution in [0.5, 0.6) is 0 Å². The van der Waals surface area contributed by atoms with Crippen LogP contribution in [0, 0.1) is 0 Å². The Morgan fingerprint density at radius 1 is 1.25 bits per heavy atom. The summed E-state index contributed by atoms with van der Waals surface area (Å²) >= 11 is 3.35. The zero-order valence-corrected chi connectivity index (χ0v) is 13.7. The van der Waals surface area contributed by atoms with Crippen molar-refractivity contribution in [1.29, 1.82) is 0 Å². The number of carbonyl (C=O) groups excluding carboxylic acids is 1. The molecule has 2 rings (SSSR count). The van der Waals surface area contributed by atoms with Crippen molar-refractivity contribution >= 4 is 38.3 Å². The number of halogens is 1. The lowest BCUT2D eigenvalue weighted by Gasteiger charge is -2.20. The van der Waals surface area contributed by atoms with E-state index in [1.807, 2.05) is 4.90 Å². The van der Waals surface area contributed by atoms with Gasteiger partial charge in [-0.15, -0.1) is 0 Å². The van der Waals surface area contributed by atoms with E-state index in [1.165, 1.54) is 12.8 Å². The van der Waals surface area contributed by atoms with Gasteiger partial charge in [0.1, 0.15) is 5.75 Å². The number of likely N-dealkylation sites (tertiary alicyclic amines) is 1. The van der Waals surface area contributed by atoms with Crippen LogP contribution >= 0.6 is 15.9 Å². The highest BCUT2D eigenvalue weighted by Gasteiger charge is 2.19. The van der Waals surface area contributed by atoms with Crippen LogP contribution < -0.4 is 5.73 Å². The van der Waals surface area contributed by atoms with Gasteiger partial charge in [-0.05, 0) is 47.0 Å². The van der Waals surface area contributed by atoms with Crippen LogP contribution in [0.15, 0.2) is 27.6 Å². The number of nitrogen functional groups attached to an aromatic ring is 1. The Balaban J connectivity index is 2.01. The van der Waals surface area contributed by atoms with Crippen molar-refractivity contribution < 1.29 is 9.00 Å². The molecule has 20 heavy (non-hydrogen) atoms. The molecule has 4 nitrogen and oxygen atoms in total. The van der Waals surface area contributed by atoms with E-state index in [1.54, 1.807) is 18.2 Å². The zero-order valence-electron chi connectivity index (χ0n) is 11.3. The predicted molar refractivity (Wildman–Crippen MR) is 84.9 cm³/mol. The fourth-order valence-corrected chi connectivity index (χ4v) is 4.30. The average Bonchev–Trinajstić information content (AvgIpc) is 2.67. The van der Waals surface area contributed by atoms with Crippen molar-refractivity contribution in [2.75, 3.05) is 24.6 Å². The van der Waals surface area contributed by atoms with Crippen LogP contribution in [0.2, 0.25) is 0 Å². The number of hydrogen-bond donors (Lipinski definition) is 1. The number of amides is 1. The second-order valence-corrected chi connectivity index (χ2v) is 7.25. The lowest BCUT2D eigenvalue weighted by atomic mass is 10.2. The largest absolute Gasteiger partial charge is 0.399 e. The van der Waals surface area contributed by atoms with Gasteiger partial charge in [-0.25, -0.2) is 0 Å². The summed E-state index contributed by atoms with van der Waals surface area (Å²) in [5.74, 6) is 0.0247. The van der Waals surface area contributed by atoms with E-state index in [0.29, 0.717) is 15.1 Å². The van der Waals surface area contributed by atoms with E-state index >= 15 is 0 Å². The molecule has 1 saturated heterocycles. The molecule has 6 heteroatoms. The molecule has 1 aliphatic rings. The molecule has 1 aromatic carbocycles. The van der Waals surface area contributed by atoms with E-state index in [4.69, 9.17) is 5.73 Å². The molecule has 1 atom stereocenters. The molecule has 0 radical (unpaired) electrons. The monoisotopic (exact) mass is 358 g/mol. The first-order valence-electron chi connectivity index (χ1n) is 6.79. The SMILES string of the molecule is Nc1ccc(S(=O)CC(=O)N2CCCCCC2)c(Br)c1. The standard InChI is InChI=1S/C14H19BrN2O2S/c15-12-9-11(16)5-6-13(12)20(19)10-14(18)17-7-3-1-2-4-8-17/h5-6,9H,1-4,7-8,10,16H2. The Morgan fingerprint density at radius 3 is 2.50 bits per heavy atom. The zero-order chi connectivity index (χ0) is 14.5. The smallest absolute Gasteiger partial charge is 0.235 e. The van der Waals surface area contributed by atoms with Crippen LogP contribution in [-0.2, 0) is 15.6 Å². The van der Waals surface area contributed by atoms with Crippen LogP contribution in [0.1, 0.15) is 25.7 Å². The third-order valence-electron chi connectivity index (χ3n) is 3.41. The Labute approximate surface area is 130 Å². The van der Waals surface area contributed by atoms with Gasteiger partial charge in [0.2, 0.25) is 5.91 Å². The van der Waals surface area contributed by atoms with Crippen molar-refractivity contribution in [3.63, 3.8) is 0 Å². The summed E-state index contributed by atoms with van der Waals surface area (Å²) in [5.41, 5.74) is 6.27. The molecule has 0 bridgehead atoms. The molecular weight excluding hydrogens is 340 g/mol. The molecule has 1 fully saturated rings. The maximum atomic E-state index is 12.3. The lowest BCUT2D eigenvalue weighted by molar-refractivity contribution is -0.128. The number of rotatable bonds is 3. The molecule has 0 aromatic heterocycles. The van der Waals surface area contributed by atoms with Gasteiger partial charge in [-0.1, -0.05) is 12.8 Å². The summed E-state index contributed by atoms with van der Waals surface area (Å²) in [7, 11) is -1.33. The molecule has 1 unspecified atom stereocenters. The molecule has 0 aliphatic carbocycles. The Hall–Kier alpha value is -0.880. The Kier molecular flexibility index (Phi) is 5.60. The number of nitrogens with zero attached hydrogens (tertiary/aromatic N) is 1. The normalized spacial score (nSPS) is 17.6. The number of benzene rings is 1. The van der Waals surface area contributed by atoms with E-state index in [9.17, 15) is 9.00 Å². The Morgan fingerprint density at radius 2 is 1.90 bits per heavy atom. The summed E-state index contributed by atoms with van der Waals surface area (Å²) in [6.45, 7) is 1.58. The first kappa shape index (κ1) is 15.5. The first-order chi connectivity index (χ1) is 9.58. The van der Waals surface area contributed by atoms with E-state index in [0.717, 1.165) is 25.9 Å². The quantitative estimate of drug-likeness (QED) is 0.844. The molecule has 0 spiro atoms. The molecule has 1 amide bonds. The maximum absolute atomic E-state index is 12.3. The minimum atomic E-state index is -1.33. The number of hydrogen-bond acceptors (Lipinski definition) is 3. The molecule has 110 valence electrons. The minimum Gasteiger partial charge on any atom is -0.399 e. The van der Waals surface area contributed by atoms with E-state index < -0.39 is 10.8 Å². The Bertz CT molecular complexity index is 514. The van der Waals surface area contributed by atoms with Crippen molar-refractivity contribution in [1.82, 2.24) is 4.90 Å². The molecule has 1 heterocycles. The van der Waals surface area contributed by atoms with Gasteiger partial charge in [-0.2, -0.15) is 0 Å². The maximum Gasteiger partial charge on any atom is 0.235 e. The average molecular weight is 359 g/mol. The fourth-order valence-electron chi connectivity index (χ4n) is 2.30. The number of nitrogens with two attached hydrogens (primary N) is 1. The number of carbonyl (C=O) groups is 1. The highest BCUT2D eigenvalue weighted by Crippen LogP contribution is 2.23. The fraction of sp³-hybridized carbons (Fsp3) is 0.500. The molecular formula is C14H19BrN2O2S. The summed E-state index contributed by atoms with van der Waals surface area (Å²) in [6, 6.07) is 5.13. The minimum absolute atomic E-state index is 0.0195. The van der Waals surface area contributed by atoms with Gasteiger partial charge in [0.15, 0.2) is 0 Å². The van der Waals surface area contributed by atoms with Gasteiger partial charge >= 0.3 is 0 Å². The van der Waals surface area contributed by atoms with Gasteiger partial charge in [0.05, 0.1) is 15.7 Å². The summed E-state index contributed by atoms with van der Waals surface area (Å²) in [6.07, 6.45) is 4.45. The summed E-state index contributed by atoms with van der Waals surface area (Å²) < 4.78 is 13.0.